The molecule has 0 radical (unpaired) electrons. The molecule has 13 heavy (non-hydrogen) atoms. The number of benzene rings is 1. The van der Waals surface area contributed by atoms with Crippen LogP contribution in [0.1, 0.15) is 33.3 Å². The van der Waals surface area contributed by atoms with Crippen molar-refractivity contribution in [1.82, 2.24) is 0 Å². The summed E-state index contributed by atoms with van der Waals surface area (Å²) in [6.07, 6.45) is 1.11. The van der Waals surface area contributed by atoms with Crippen LogP contribution >= 0.6 is 11.6 Å². The molecular weight excluding hydrogens is 180 g/mol. The molecule has 1 aromatic rings. The van der Waals surface area contributed by atoms with Gasteiger partial charge in [0.1, 0.15) is 0 Å². The monoisotopic (exact) mass is 198 g/mol. The maximum atomic E-state index is 5.83. The van der Waals surface area contributed by atoms with E-state index in [1.807, 2.05) is 32.0 Å². The van der Waals surface area contributed by atoms with E-state index in [4.69, 9.17) is 11.6 Å². The van der Waals surface area contributed by atoms with Gasteiger partial charge in [-0.15, -0.1) is 0 Å². The Morgan fingerprint density at radius 3 is 2.31 bits per heavy atom. The molecule has 0 aliphatic rings. The molecule has 0 aromatic heterocycles. The van der Waals surface area contributed by atoms with Crippen molar-refractivity contribution in [3.05, 3.63) is 34.9 Å². The summed E-state index contributed by atoms with van der Waals surface area (Å²) in [5.74, 6) is 0.702. The topological polar surface area (TPSA) is 0 Å². The number of halogens is 1. The smallest absolute Gasteiger partial charge is 0.0408 e. The second-order valence-electron chi connectivity index (χ2n) is 3.23. The zero-order chi connectivity index (χ0) is 10.3. The van der Waals surface area contributed by atoms with Gasteiger partial charge in [0.25, 0.3) is 0 Å². The van der Waals surface area contributed by atoms with E-state index in [2.05, 4.69) is 19.9 Å². The van der Waals surface area contributed by atoms with Crippen LogP contribution in [-0.2, 0) is 6.42 Å². The molecule has 74 valence electrons. The predicted octanol–water partition coefficient (Wildman–Crippen LogP) is 4.56. The number of rotatable bonds is 2. The van der Waals surface area contributed by atoms with Gasteiger partial charge in [0.2, 0.25) is 0 Å². The van der Waals surface area contributed by atoms with Gasteiger partial charge in [0.15, 0.2) is 0 Å². The van der Waals surface area contributed by atoms with Crippen molar-refractivity contribution in [1.29, 1.82) is 0 Å². The number of hydrogen-bond donors (Lipinski definition) is 0. The highest BCUT2D eigenvalue weighted by Gasteiger charge is 1.96. The third-order valence-corrected chi connectivity index (χ3v) is 1.77. The highest BCUT2D eigenvalue weighted by molar-refractivity contribution is 6.30. The molecule has 1 aromatic carbocycles. The highest BCUT2D eigenvalue weighted by atomic mass is 35.5. The minimum Gasteiger partial charge on any atom is -0.0843 e. The Morgan fingerprint density at radius 2 is 1.85 bits per heavy atom. The first kappa shape index (κ1) is 12.5. The lowest BCUT2D eigenvalue weighted by Gasteiger charge is -2.03. The first-order valence-corrected chi connectivity index (χ1v) is 5.30. The predicted molar refractivity (Wildman–Crippen MR) is 61.3 cm³/mol. The Kier molecular flexibility index (Phi) is 6.70. The van der Waals surface area contributed by atoms with Gasteiger partial charge in [-0.2, -0.15) is 0 Å². The second-order valence-corrected chi connectivity index (χ2v) is 3.66. The third kappa shape index (κ3) is 5.70. The lowest BCUT2D eigenvalue weighted by atomic mass is 10.0. The van der Waals surface area contributed by atoms with Crippen LogP contribution in [0.5, 0.6) is 0 Å². The van der Waals surface area contributed by atoms with E-state index in [0.29, 0.717) is 5.92 Å². The van der Waals surface area contributed by atoms with Gasteiger partial charge in [0.05, 0.1) is 0 Å². The van der Waals surface area contributed by atoms with Crippen LogP contribution < -0.4 is 0 Å². The quantitative estimate of drug-likeness (QED) is 0.654. The minimum atomic E-state index is 0.702. The summed E-state index contributed by atoms with van der Waals surface area (Å²) >= 11 is 5.83. The van der Waals surface area contributed by atoms with Gasteiger partial charge in [-0.25, -0.2) is 0 Å². The standard InChI is InChI=1S/C10H13Cl.C2H6/c1-8(2)6-9-4-3-5-10(11)7-9;1-2/h3-5,7-8H,6H2,1-2H3;1-2H3. The van der Waals surface area contributed by atoms with Crippen LogP contribution in [0.3, 0.4) is 0 Å². The lowest BCUT2D eigenvalue weighted by Crippen LogP contribution is -1.92. The third-order valence-electron chi connectivity index (χ3n) is 1.53. The SMILES string of the molecule is CC.CC(C)Cc1cccc(Cl)c1. The van der Waals surface area contributed by atoms with Gasteiger partial charge in [-0.3, -0.25) is 0 Å². The Hall–Kier alpha value is -0.490. The molecule has 0 aliphatic heterocycles. The zero-order valence-electron chi connectivity index (χ0n) is 8.97. The molecule has 0 saturated heterocycles. The zero-order valence-corrected chi connectivity index (χ0v) is 9.73. The van der Waals surface area contributed by atoms with E-state index in [0.717, 1.165) is 11.4 Å². The minimum absolute atomic E-state index is 0.702. The van der Waals surface area contributed by atoms with Crippen LogP contribution in [0.4, 0.5) is 0 Å². The fraction of sp³-hybridized carbons (Fsp3) is 0.500. The van der Waals surface area contributed by atoms with Crippen LogP contribution in [-0.4, -0.2) is 0 Å². The number of hydrogen-bond acceptors (Lipinski definition) is 0. The molecule has 0 amide bonds. The summed E-state index contributed by atoms with van der Waals surface area (Å²) in [4.78, 5) is 0. The van der Waals surface area contributed by atoms with Gasteiger partial charge >= 0.3 is 0 Å². The lowest BCUT2D eigenvalue weighted by molar-refractivity contribution is 0.647. The van der Waals surface area contributed by atoms with Crippen LogP contribution in [0, 0.1) is 5.92 Å². The average molecular weight is 199 g/mol. The summed E-state index contributed by atoms with van der Waals surface area (Å²) < 4.78 is 0. The molecule has 0 aliphatic carbocycles. The Bertz CT molecular complexity index is 228. The largest absolute Gasteiger partial charge is 0.0843 e. The van der Waals surface area contributed by atoms with Crippen molar-refractivity contribution in [3.63, 3.8) is 0 Å². The molecule has 0 atom stereocenters. The maximum Gasteiger partial charge on any atom is 0.0408 e. The van der Waals surface area contributed by atoms with Crippen LogP contribution in [0.2, 0.25) is 5.02 Å². The molecule has 0 unspecified atom stereocenters. The fourth-order valence-corrected chi connectivity index (χ4v) is 1.35. The molecule has 1 heteroatoms. The van der Waals surface area contributed by atoms with Gasteiger partial charge < -0.3 is 0 Å². The maximum absolute atomic E-state index is 5.83. The Morgan fingerprint density at radius 1 is 1.23 bits per heavy atom. The molecule has 0 bridgehead atoms. The molecule has 0 nitrogen and oxygen atoms in total. The van der Waals surface area contributed by atoms with Gasteiger partial charge in [-0.05, 0) is 30.0 Å². The highest BCUT2D eigenvalue weighted by Crippen LogP contribution is 2.13. The molecule has 0 N–H and O–H groups in total. The Labute approximate surface area is 86.9 Å². The van der Waals surface area contributed by atoms with Crippen molar-refractivity contribution in [2.75, 3.05) is 0 Å². The summed E-state index contributed by atoms with van der Waals surface area (Å²) in [6.45, 7) is 8.42. The summed E-state index contributed by atoms with van der Waals surface area (Å²) in [5, 5.41) is 0.836. The molecule has 0 spiro atoms. The van der Waals surface area contributed by atoms with Crippen molar-refractivity contribution in [3.8, 4) is 0 Å². The molecule has 0 saturated carbocycles. The van der Waals surface area contributed by atoms with Crippen LogP contribution in [0.15, 0.2) is 24.3 Å². The van der Waals surface area contributed by atoms with Crippen molar-refractivity contribution < 1.29 is 0 Å². The summed E-state index contributed by atoms with van der Waals surface area (Å²) in [5.41, 5.74) is 1.33. The molecular formula is C12H19Cl. The van der Waals surface area contributed by atoms with E-state index in [1.165, 1.54) is 5.56 Å². The second kappa shape index (κ2) is 6.97. The van der Waals surface area contributed by atoms with E-state index < -0.39 is 0 Å². The fourth-order valence-electron chi connectivity index (χ4n) is 1.14. The molecule has 0 fully saturated rings. The van der Waals surface area contributed by atoms with Gasteiger partial charge in [0, 0.05) is 5.02 Å². The average Bonchev–Trinajstić information content (AvgIpc) is 2.06. The van der Waals surface area contributed by atoms with E-state index in [-0.39, 0.29) is 0 Å². The van der Waals surface area contributed by atoms with Crippen molar-refractivity contribution in [2.24, 2.45) is 5.92 Å². The van der Waals surface area contributed by atoms with E-state index >= 15 is 0 Å². The van der Waals surface area contributed by atoms with E-state index in [9.17, 15) is 0 Å². The first-order valence-electron chi connectivity index (χ1n) is 4.93. The van der Waals surface area contributed by atoms with Crippen molar-refractivity contribution >= 4 is 11.6 Å². The summed E-state index contributed by atoms with van der Waals surface area (Å²) in [7, 11) is 0. The first-order chi connectivity index (χ1) is 6.18. The van der Waals surface area contributed by atoms with Crippen molar-refractivity contribution in [2.45, 2.75) is 34.1 Å². The van der Waals surface area contributed by atoms with E-state index in [1.54, 1.807) is 0 Å². The Balaban J connectivity index is 0.000000671. The normalized spacial score (nSPS) is 9.38. The molecule has 1 rings (SSSR count). The van der Waals surface area contributed by atoms with Crippen LogP contribution in [0.25, 0.3) is 0 Å². The molecule has 0 heterocycles. The summed E-state index contributed by atoms with van der Waals surface area (Å²) in [6, 6.07) is 8.05. The van der Waals surface area contributed by atoms with Gasteiger partial charge in [-0.1, -0.05) is 51.4 Å².